The van der Waals surface area contributed by atoms with Crippen LogP contribution in [0.5, 0.6) is 0 Å². The van der Waals surface area contributed by atoms with Crippen LogP contribution in [0.1, 0.15) is 38.4 Å². The smallest absolute Gasteiger partial charge is 0.209 e. The number of aryl methyl sites for hydroxylation is 1. The Labute approximate surface area is 159 Å². The van der Waals surface area contributed by atoms with E-state index in [1.165, 1.54) is 6.26 Å². The molecule has 7 nitrogen and oxygen atoms in total. The van der Waals surface area contributed by atoms with Crippen LogP contribution in [0.3, 0.4) is 0 Å². The predicted molar refractivity (Wildman–Crippen MR) is 108 cm³/mol. The summed E-state index contributed by atoms with van der Waals surface area (Å²) < 4.78 is 29.2. The molecule has 0 unspecified atom stereocenters. The molecule has 3 aromatic rings. The largest absolute Gasteiger partial charge is 0.382 e. The minimum absolute atomic E-state index is 0.411. The normalized spacial score (nSPS) is 17.1. The van der Waals surface area contributed by atoms with Gasteiger partial charge in [0.25, 0.3) is 0 Å². The number of hydrogen-bond acceptors (Lipinski definition) is 5. The Balaban J connectivity index is 1.95. The first-order chi connectivity index (χ1) is 12.8. The number of aromatic nitrogens is 3. The molecule has 4 rings (SSSR count). The number of nitrogens with one attached hydrogen (secondary N) is 1. The number of nitrogen functional groups attached to an aromatic ring is 1. The summed E-state index contributed by atoms with van der Waals surface area (Å²) in [4.78, 5) is 9.24. The molecule has 1 aromatic carbocycles. The van der Waals surface area contributed by atoms with Crippen LogP contribution in [0, 0.1) is 0 Å². The van der Waals surface area contributed by atoms with Gasteiger partial charge in [-0.3, -0.25) is 0 Å². The lowest BCUT2D eigenvalue weighted by Gasteiger charge is -2.30. The van der Waals surface area contributed by atoms with E-state index in [2.05, 4.69) is 21.2 Å². The van der Waals surface area contributed by atoms with Crippen LogP contribution in [-0.2, 0) is 23.0 Å². The zero-order chi connectivity index (χ0) is 19.2. The monoisotopic (exact) mass is 387 g/mol. The molecule has 1 fully saturated rings. The van der Waals surface area contributed by atoms with Crippen LogP contribution in [0.2, 0.25) is 0 Å². The lowest BCUT2D eigenvalue weighted by atomic mass is 9.99. The second-order valence-electron chi connectivity index (χ2n) is 7.54. The average Bonchev–Trinajstić information content (AvgIpc) is 3.19. The third kappa shape index (κ3) is 3.27. The molecule has 8 heteroatoms. The van der Waals surface area contributed by atoms with Crippen molar-refractivity contribution in [3.05, 3.63) is 30.1 Å². The number of nitrogens with zero attached hydrogens (tertiary/aromatic N) is 3. The molecule has 0 spiro atoms. The summed E-state index contributed by atoms with van der Waals surface area (Å²) in [6.07, 6.45) is 5.64. The molecular formula is C19H25N5O2S. The predicted octanol–water partition coefficient (Wildman–Crippen LogP) is 2.59. The zero-order valence-electron chi connectivity index (χ0n) is 15.7. The molecule has 0 amide bonds. The van der Waals surface area contributed by atoms with Gasteiger partial charge >= 0.3 is 0 Å². The zero-order valence-corrected chi connectivity index (χ0v) is 16.5. The molecule has 0 atom stereocenters. The minimum Gasteiger partial charge on any atom is -0.382 e. The summed E-state index contributed by atoms with van der Waals surface area (Å²) in [5.74, 6) is 1.31. The molecule has 0 radical (unpaired) electrons. The van der Waals surface area contributed by atoms with Crippen molar-refractivity contribution in [1.82, 2.24) is 19.3 Å². The third-order valence-electron chi connectivity index (χ3n) is 5.43. The number of anilines is 1. The molecule has 3 N–H and O–H groups in total. The highest BCUT2D eigenvalue weighted by molar-refractivity contribution is 7.88. The van der Waals surface area contributed by atoms with E-state index >= 15 is 0 Å². The van der Waals surface area contributed by atoms with E-state index in [9.17, 15) is 8.42 Å². The number of hydrogen-bond donors (Lipinski definition) is 2. The second-order valence-corrected chi connectivity index (χ2v) is 9.29. The van der Waals surface area contributed by atoms with Crippen molar-refractivity contribution in [2.45, 2.75) is 51.1 Å². The van der Waals surface area contributed by atoms with Crippen LogP contribution < -0.4 is 10.5 Å². The van der Waals surface area contributed by atoms with Gasteiger partial charge in [0, 0.05) is 18.4 Å². The van der Waals surface area contributed by atoms with Crippen molar-refractivity contribution in [1.29, 1.82) is 0 Å². The van der Waals surface area contributed by atoms with E-state index in [1.54, 1.807) is 0 Å². The van der Waals surface area contributed by atoms with E-state index in [1.807, 2.05) is 24.3 Å². The Hall–Kier alpha value is -2.19. The Morgan fingerprint density at radius 2 is 1.93 bits per heavy atom. The third-order valence-corrected chi connectivity index (χ3v) is 6.23. The van der Waals surface area contributed by atoms with Crippen LogP contribution in [0.4, 0.5) is 5.82 Å². The number of fused-ring (bicyclic) bond motifs is 3. The molecule has 2 aromatic heterocycles. The van der Waals surface area contributed by atoms with E-state index < -0.39 is 15.6 Å². The first-order valence-electron chi connectivity index (χ1n) is 9.34. The number of sulfonamides is 1. The highest BCUT2D eigenvalue weighted by atomic mass is 32.2. The lowest BCUT2D eigenvalue weighted by Crippen LogP contribution is -2.49. The molecular weight excluding hydrogens is 362 g/mol. The van der Waals surface area contributed by atoms with Gasteiger partial charge in [-0.2, -0.15) is 0 Å². The van der Waals surface area contributed by atoms with Gasteiger partial charge in [-0.05, 0) is 18.9 Å². The Bertz CT molecular complexity index is 1110. The topological polar surface area (TPSA) is 103 Å². The molecule has 0 bridgehead atoms. The van der Waals surface area contributed by atoms with Crippen molar-refractivity contribution in [2.75, 3.05) is 12.0 Å². The summed E-state index contributed by atoms with van der Waals surface area (Å²) in [7, 11) is -3.31. The molecule has 144 valence electrons. The highest BCUT2D eigenvalue weighted by Crippen LogP contribution is 2.35. The maximum absolute atomic E-state index is 12.0. The maximum atomic E-state index is 12.0. The van der Waals surface area contributed by atoms with Gasteiger partial charge in [-0.15, -0.1) is 0 Å². The molecule has 0 aliphatic heterocycles. The van der Waals surface area contributed by atoms with Crippen LogP contribution >= 0.6 is 0 Å². The summed E-state index contributed by atoms with van der Waals surface area (Å²) in [5, 5.41) is 0.987. The summed E-state index contributed by atoms with van der Waals surface area (Å²) >= 11 is 0. The summed E-state index contributed by atoms with van der Waals surface area (Å²) in [5.41, 5.74) is 8.18. The van der Waals surface area contributed by atoms with Gasteiger partial charge < -0.3 is 10.3 Å². The lowest BCUT2D eigenvalue weighted by molar-refractivity contribution is 0.336. The first kappa shape index (κ1) is 18.2. The van der Waals surface area contributed by atoms with Gasteiger partial charge in [0.1, 0.15) is 11.3 Å². The Morgan fingerprint density at radius 3 is 2.59 bits per heavy atom. The van der Waals surface area contributed by atoms with Gasteiger partial charge in [0.05, 0.1) is 22.8 Å². The Morgan fingerprint density at radius 1 is 1.22 bits per heavy atom. The van der Waals surface area contributed by atoms with E-state index in [-0.39, 0.29) is 0 Å². The molecule has 1 aliphatic rings. The summed E-state index contributed by atoms with van der Waals surface area (Å²) in [6, 6.07) is 7.87. The molecule has 27 heavy (non-hydrogen) atoms. The van der Waals surface area contributed by atoms with Gasteiger partial charge in [0.15, 0.2) is 5.82 Å². The minimum atomic E-state index is -3.31. The molecule has 2 heterocycles. The fourth-order valence-corrected chi connectivity index (χ4v) is 5.44. The van der Waals surface area contributed by atoms with E-state index in [0.717, 1.165) is 54.3 Å². The Kier molecular flexibility index (Phi) is 4.35. The highest BCUT2D eigenvalue weighted by Gasteiger charge is 2.38. The number of rotatable bonds is 5. The summed E-state index contributed by atoms with van der Waals surface area (Å²) in [6.45, 7) is 2.60. The second kappa shape index (κ2) is 6.45. The molecule has 1 aliphatic carbocycles. The van der Waals surface area contributed by atoms with Crippen molar-refractivity contribution in [3.8, 4) is 0 Å². The fraction of sp³-hybridized carbons (Fsp3) is 0.474. The van der Waals surface area contributed by atoms with Crippen molar-refractivity contribution in [2.24, 2.45) is 0 Å². The first-order valence-corrected chi connectivity index (χ1v) is 11.2. The number of para-hydroxylation sites is 1. The van der Waals surface area contributed by atoms with Crippen LogP contribution in [-0.4, -0.2) is 34.7 Å². The van der Waals surface area contributed by atoms with Gasteiger partial charge in [-0.25, -0.2) is 23.1 Å². The standard InChI is InChI=1S/C19H25N5O2S/c1-3-15-22-16-17(13-8-4-5-9-14(13)21-18(16)20)24(15)12-19(10-6-7-11-19)23-27(2,25)26/h4-5,8-9,23H,3,6-7,10-12H2,1-2H3,(H2,20,21). The SMILES string of the molecule is CCc1nc2c(N)nc3ccccc3c2n1CC1(NS(C)(=O)=O)CCCC1. The fourth-order valence-electron chi connectivity index (χ4n) is 4.39. The van der Waals surface area contributed by atoms with Crippen molar-refractivity contribution < 1.29 is 8.42 Å². The van der Waals surface area contributed by atoms with E-state index in [0.29, 0.717) is 17.9 Å². The molecule has 0 saturated heterocycles. The van der Waals surface area contributed by atoms with Crippen LogP contribution in [0.25, 0.3) is 21.9 Å². The van der Waals surface area contributed by atoms with E-state index in [4.69, 9.17) is 10.7 Å². The van der Waals surface area contributed by atoms with Crippen LogP contribution in [0.15, 0.2) is 24.3 Å². The quantitative estimate of drug-likeness (QED) is 0.700. The van der Waals surface area contributed by atoms with Crippen molar-refractivity contribution in [3.63, 3.8) is 0 Å². The van der Waals surface area contributed by atoms with Gasteiger partial charge in [0.2, 0.25) is 10.0 Å². The average molecular weight is 388 g/mol. The molecule has 1 saturated carbocycles. The van der Waals surface area contributed by atoms with Crippen molar-refractivity contribution >= 4 is 37.8 Å². The number of imidazole rings is 1. The number of nitrogens with two attached hydrogens (primary N) is 1. The number of pyridine rings is 1. The number of benzene rings is 1. The van der Waals surface area contributed by atoms with Gasteiger partial charge in [-0.1, -0.05) is 38.0 Å². The maximum Gasteiger partial charge on any atom is 0.209 e.